The Labute approximate surface area is 116 Å². The van der Waals surface area contributed by atoms with Crippen LogP contribution in [0.15, 0.2) is 12.1 Å². The Morgan fingerprint density at radius 2 is 2.21 bits per heavy atom. The first-order valence-corrected chi connectivity index (χ1v) is 6.79. The third kappa shape index (κ3) is 2.06. The highest BCUT2D eigenvalue weighted by molar-refractivity contribution is 7.71. The van der Waals surface area contributed by atoms with E-state index < -0.39 is 0 Å². The molecule has 0 spiro atoms. The molecule has 1 aliphatic carbocycles. The van der Waals surface area contributed by atoms with Crippen LogP contribution in [0.25, 0.3) is 11.0 Å². The molecule has 0 aliphatic heterocycles. The number of H-pyrrole nitrogens is 1. The second-order valence-electron chi connectivity index (χ2n) is 5.93. The molecule has 0 amide bonds. The van der Waals surface area contributed by atoms with Crippen LogP contribution >= 0.6 is 12.2 Å². The fourth-order valence-electron chi connectivity index (χ4n) is 2.60. The topological polar surface area (TPSA) is 29.9 Å². The maximum absolute atomic E-state index is 13.7. The Morgan fingerprint density at radius 3 is 2.79 bits per heavy atom. The average molecular weight is 280 g/mol. The largest absolute Gasteiger partial charge is 0.494 e. The van der Waals surface area contributed by atoms with Gasteiger partial charge in [-0.15, -0.1) is 0 Å². The number of hydrogen-bond acceptors (Lipinski definition) is 2. The number of hydrogen-bond donors (Lipinski definition) is 1. The summed E-state index contributed by atoms with van der Waals surface area (Å²) in [5, 5.41) is 0. The number of benzene rings is 1. The third-order valence-electron chi connectivity index (χ3n) is 4.17. The average Bonchev–Trinajstić information content (AvgIpc) is 2.82. The van der Waals surface area contributed by atoms with E-state index in [1.807, 2.05) is 4.57 Å². The number of ether oxygens (including phenoxy) is 1. The second-order valence-corrected chi connectivity index (χ2v) is 6.32. The molecule has 1 saturated carbocycles. The van der Waals surface area contributed by atoms with Gasteiger partial charge < -0.3 is 14.3 Å². The van der Waals surface area contributed by atoms with Crippen LogP contribution in [0.5, 0.6) is 5.75 Å². The highest BCUT2D eigenvalue weighted by Gasteiger charge is 2.45. The first-order chi connectivity index (χ1) is 8.92. The number of fused-ring (bicyclic) bond motifs is 1. The number of imidazole rings is 1. The summed E-state index contributed by atoms with van der Waals surface area (Å²) in [6.07, 6.45) is 1.21. The molecule has 1 atom stereocenters. The lowest BCUT2D eigenvalue weighted by Gasteiger charge is -2.07. The standard InChI is InChI=1S/C14H17FN2OS/c1-14(2)6-8(14)7-17-11-5-12(18-3)9(15)4-10(11)16-13(17)19/h4-5,8H,6-7H2,1-3H3,(H,16,19). The molecule has 1 aromatic carbocycles. The van der Waals surface area contributed by atoms with E-state index in [0.29, 0.717) is 16.1 Å². The van der Waals surface area contributed by atoms with Crippen LogP contribution in [0.3, 0.4) is 0 Å². The number of nitrogens with one attached hydrogen (secondary N) is 1. The van der Waals surface area contributed by atoms with Crippen molar-refractivity contribution in [3.05, 3.63) is 22.7 Å². The van der Waals surface area contributed by atoms with Crippen LogP contribution in [-0.4, -0.2) is 16.7 Å². The number of methoxy groups -OCH3 is 1. The van der Waals surface area contributed by atoms with Crippen molar-refractivity contribution in [3.63, 3.8) is 0 Å². The predicted octanol–water partition coefficient (Wildman–Crippen LogP) is 3.89. The molecule has 19 heavy (non-hydrogen) atoms. The number of aromatic amines is 1. The van der Waals surface area contributed by atoms with Crippen LogP contribution in [0, 0.1) is 21.9 Å². The minimum atomic E-state index is -0.370. The summed E-state index contributed by atoms with van der Waals surface area (Å²) in [6.45, 7) is 5.40. The van der Waals surface area contributed by atoms with Crippen molar-refractivity contribution in [3.8, 4) is 5.75 Å². The smallest absolute Gasteiger partial charge is 0.178 e. The quantitative estimate of drug-likeness (QED) is 0.864. The van der Waals surface area contributed by atoms with E-state index in [1.54, 1.807) is 6.07 Å². The van der Waals surface area contributed by atoms with Gasteiger partial charge in [-0.25, -0.2) is 4.39 Å². The van der Waals surface area contributed by atoms with Gasteiger partial charge in [0.1, 0.15) is 0 Å². The first kappa shape index (κ1) is 12.7. The Morgan fingerprint density at radius 1 is 1.53 bits per heavy atom. The maximum Gasteiger partial charge on any atom is 0.178 e. The summed E-state index contributed by atoms with van der Waals surface area (Å²) in [6, 6.07) is 3.16. The van der Waals surface area contributed by atoms with Gasteiger partial charge in [0, 0.05) is 18.7 Å². The van der Waals surface area contributed by atoms with Crippen molar-refractivity contribution in [1.29, 1.82) is 0 Å². The van der Waals surface area contributed by atoms with Crippen molar-refractivity contribution >= 4 is 23.3 Å². The van der Waals surface area contributed by atoms with E-state index in [1.165, 1.54) is 19.6 Å². The Balaban J connectivity index is 2.08. The van der Waals surface area contributed by atoms with Crippen molar-refractivity contribution in [2.75, 3.05) is 7.11 Å². The number of aromatic nitrogens is 2. The molecule has 1 aromatic heterocycles. The monoisotopic (exact) mass is 280 g/mol. The van der Waals surface area contributed by atoms with Crippen molar-refractivity contribution < 1.29 is 9.13 Å². The Bertz CT molecular complexity index is 701. The number of nitrogens with zero attached hydrogens (tertiary/aromatic N) is 1. The normalized spacial score (nSPS) is 20.7. The van der Waals surface area contributed by atoms with Gasteiger partial charge in [0.15, 0.2) is 16.3 Å². The zero-order valence-electron chi connectivity index (χ0n) is 11.3. The second kappa shape index (κ2) is 4.07. The van der Waals surface area contributed by atoms with Gasteiger partial charge in [-0.3, -0.25) is 0 Å². The summed E-state index contributed by atoms with van der Waals surface area (Å²) in [5.74, 6) is 0.518. The van der Waals surface area contributed by atoms with E-state index in [4.69, 9.17) is 17.0 Å². The van der Waals surface area contributed by atoms with Crippen molar-refractivity contribution in [2.45, 2.75) is 26.8 Å². The molecule has 0 radical (unpaired) electrons. The first-order valence-electron chi connectivity index (χ1n) is 6.38. The maximum atomic E-state index is 13.7. The molecule has 1 unspecified atom stereocenters. The Kier molecular flexibility index (Phi) is 2.71. The molecule has 1 heterocycles. The van der Waals surface area contributed by atoms with Gasteiger partial charge in [0.05, 0.1) is 18.1 Å². The summed E-state index contributed by atoms with van der Waals surface area (Å²) < 4.78 is 21.4. The summed E-state index contributed by atoms with van der Waals surface area (Å²) in [7, 11) is 1.47. The molecule has 1 fully saturated rings. The van der Waals surface area contributed by atoms with Crippen molar-refractivity contribution in [1.82, 2.24) is 9.55 Å². The molecule has 3 rings (SSSR count). The summed E-state index contributed by atoms with van der Waals surface area (Å²) in [4.78, 5) is 3.06. The van der Waals surface area contributed by atoms with Crippen LogP contribution in [0.1, 0.15) is 20.3 Å². The number of halogens is 1. The predicted molar refractivity (Wildman–Crippen MR) is 75.5 cm³/mol. The molecule has 0 saturated heterocycles. The van der Waals surface area contributed by atoms with Crippen LogP contribution < -0.4 is 4.74 Å². The van der Waals surface area contributed by atoms with Gasteiger partial charge in [-0.1, -0.05) is 13.8 Å². The minimum absolute atomic E-state index is 0.255. The van der Waals surface area contributed by atoms with Gasteiger partial charge >= 0.3 is 0 Å². The van der Waals surface area contributed by atoms with Crippen molar-refractivity contribution in [2.24, 2.45) is 11.3 Å². The number of rotatable bonds is 3. The lowest BCUT2D eigenvalue weighted by molar-refractivity contribution is 0.387. The lowest BCUT2D eigenvalue weighted by Crippen LogP contribution is -2.04. The van der Waals surface area contributed by atoms with Gasteiger partial charge in [-0.05, 0) is 30.0 Å². The molecular formula is C14H17FN2OS. The van der Waals surface area contributed by atoms with E-state index in [0.717, 1.165) is 17.6 Å². The van der Waals surface area contributed by atoms with Crippen LogP contribution in [-0.2, 0) is 6.54 Å². The van der Waals surface area contributed by atoms with E-state index >= 15 is 0 Å². The Hall–Kier alpha value is -1.36. The van der Waals surface area contributed by atoms with E-state index in [2.05, 4.69) is 18.8 Å². The van der Waals surface area contributed by atoms with Crippen LogP contribution in [0.4, 0.5) is 4.39 Å². The highest BCUT2D eigenvalue weighted by atomic mass is 32.1. The molecule has 1 aliphatic rings. The molecule has 2 aromatic rings. The molecule has 102 valence electrons. The fraction of sp³-hybridized carbons (Fsp3) is 0.500. The highest BCUT2D eigenvalue weighted by Crippen LogP contribution is 2.52. The van der Waals surface area contributed by atoms with E-state index in [9.17, 15) is 4.39 Å². The third-order valence-corrected chi connectivity index (χ3v) is 4.49. The molecule has 0 bridgehead atoms. The van der Waals surface area contributed by atoms with E-state index in [-0.39, 0.29) is 11.6 Å². The summed E-state index contributed by atoms with van der Waals surface area (Å²) >= 11 is 5.34. The van der Waals surface area contributed by atoms with Gasteiger partial charge in [0.2, 0.25) is 0 Å². The van der Waals surface area contributed by atoms with Gasteiger partial charge in [0.25, 0.3) is 0 Å². The molecule has 1 N–H and O–H groups in total. The molecule has 3 nitrogen and oxygen atoms in total. The minimum Gasteiger partial charge on any atom is -0.494 e. The zero-order chi connectivity index (χ0) is 13.8. The molecular weight excluding hydrogens is 263 g/mol. The lowest BCUT2D eigenvalue weighted by atomic mass is 10.1. The SMILES string of the molecule is COc1cc2c(cc1F)[nH]c(=S)n2CC1CC1(C)C. The van der Waals surface area contributed by atoms with Gasteiger partial charge in [-0.2, -0.15) is 0 Å². The molecule has 5 heteroatoms. The fourth-order valence-corrected chi connectivity index (χ4v) is 2.89. The summed E-state index contributed by atoms with van der Waals surface area (Å²) in [5.41, 5.74) is 2.02. The zero-order valence-corrected chi connectivity index (χ0v) is 12.1. The van der Waals surface area contributed by atoms with Crippen LogP contribution in [0.2, 0.25) is 0 Å².